The number of nitrogens with one attached hydrogen (secondary N) is 2. The van der Waals surface area contributed by atoms with Gasteiger partial charge in [0, 0.05) is 48.4 Å². The van der Waals surface area contributed by atoms with Crippen molar-refractivity contribution >= 4 is 22.6 Å². The van der Waals surface area contributed by atoms with Crippen molar-refractivity contribution in [3.05, 3.63) is 77.8 Å². The van der Waals surface area contributed by atoms with Crippen LogP contribution < -0.4 is 10.6 Å². The molecule has 0 aliphatic carbocycles. The Morgan fingerprint density at radius 3 is 2.65 bits per heavy atom. The maximum absolute atomic E-state index is 14.4. The molecule has 0 saturated carbocycles. The van der Waals surface area contributed by atoms with E-state index in [2.05, 4.69) is 56.5 Å². The fraction of sp³-hybridized carbons (Fsp3) is 0.387. The third-order valence-electron chi connectivity index (χ3n) is 7.90. The molecule has 2 N–H and O–H groups in total. The number of pyridine rings is 2. The summed E-state index contributed by atoms with van der Waals surface area (Å²) < 4.78 is 14.4. The van der Waals surface area contributed by atoms with E-state index in [1.165, 1.54) is 33.0 Å². The molecule has 1 saturated heterocycles. The maximum Gasteiger partial charge on any atom is 0.254 e. The van der Waals surface area contributed by atoms with Gasteiger partial charge in [-0.2, -0.15) is 0 Å². The lowest BCUT2D eigenvalue weighted by atomic mass is 9.92. The molecule has 1 aliphatic rings. The summed E-state index contributed by atoms with van der Waals surface area (Å²) in [4.78, 5) is 32.7. The van der Waals surface area contributed by atoms with Gasteiger partial charge in [0.25, 0.3) is 5.91 Å². The minimum absolute atomic E-state index is 0.0106. The number of hydrogen-bond acceptors (Lipinski definition) is 7. The summed E-state index contributed by atoms with van der Waals surface area (Å²) in [6.45, 7) is 8.35. The highest BCUT2D eigenvalue weighted by atomic mass is 19.1. The van der Waals surface area contributed by atoms with Crippen LogP contribution in [0.4, 0.5) is 10.2 Å². The number of likely N-dealkylation sites (tertiary alicyclic amines) is 1. The molecule has 1 atom stereocenters. The lowest BCUT2D eigenvalue weighted by Gasteiger charge is -2.30. The summed E-state index contributed by atoms with van der Waals surface area (Å²) in [6, 6.07) is 11.6. The lowest BCUT2D eigenvalue weighted by Crippen LogP contribution is -2.34. The number of carbonyl (C=O) groups excluding carboxylic acids is 1. The van der Waals surface area contributed by atoms with Crippen LogP contribution in [0.15, 0.2) is 55.1 Å². The third kappa shape index (κ3) is 6.09. The monoisotopic (exact) mass is 541 g/mol. The maximum atomic E-state index is 14.4. The van der Waals surface area contributed by atoms with E-state index in [1.54, 1.807) is 12.4 Å². The molecule has 1 amide bonds. The Balaban J connectivity index is 1.25. The van der Waals surface area contributed by atoms with E-state index in [4.69, 9.17) is 4.98 Å². The van der Waals surface area contributed by atoms with Gasteiger partial charge < -0.3 is 15.5 Å². The summed E-state index contributed by atoms with van der Waals surface area (Å²) in [7, 11) is 1.49. The molecule has 1 fully saturated rings. The first kappa shape index (κ1) is 27.6. The molecule has 4 heterocycles. The molecule has 40 heavy (non-hydrogen) atoms. The first-order valence-electron chi connectivity index (χ1n) is 14.0. The predicted molar refractivity (Wildman–Crippen MR) is 156 cm³/mol. The highest BCUT2D eigenvalue weighted by Gasteiger charge is 2.20. The number of aromatic nitrogens is 4. The van der Waals surface area contributed by atoms with E-state index in [0.717, 1.165) is 41.7 Å². The first-order valence-corrected chi connectivity index (χ1v) is 14.0. The van der Waals surface area contributed by atoms with Crippen LogP contribution >= 0.6 is 0 Å². The minimum atomic E-state index is -0.636. The number of piperidine rings is 1. The average molecular weight is 542 g/mol. The molecular formula is C31H36FN7O. The smallest absolute Gasteiger partial charge is 0.254 e. The number of hydrogen-bond donors (Lipinski definition) is 2. The van der Waals surface area contributed by atoms with Crippen molar-refractivity contribution in [3.63, 3.8) is 0 Å². The zero-order valence-electron chi connectivity index (χ0n) is 23.3. The molecule has 0 spiro atoms. The highest BCUT2D eigenvalue weighted by molar-refractivity contribution is 6.06. The largest absolute Gasteiger partial charge is 0.369 e. The molecule has 8 nitrogen and oxygen atoms in total. The van der Waals surface area contributed by atoms with Crippen molar-refractivity contribution in [2.45, 2.75) is 39.0 Å². The van der Waals surface area contributed by atoms with Gasteiger partial charge in [0.2, 0.25) is 0 Å². The minimum Gasteiger partial charge on any atom is -0.369 e. The molecule has 1 aliphatic heterocycles. The summed E-state index contributed by atoms with van der Waals surface area (Å²) >= 11 is 0. The highest BCUT2D eigenvalue weighted by Crippen LogP contribution is 2.28. The second kappa shape index (κ2) is 12.5. The number of amides is 1. The van der Waals surface area contributed by atoms with Crippen LogP contribution in [-0.4, -0.2) is 64.0 Å². The number of para-hydroxylation sites is 1. The van der Waals surface area contributed by atoms with Crippen molar-refractivity contribution in [2.24, 2.45) is 5.92 Å². The molecule has 1 aromatic carbocycles. The Bertz CT molecular complexity index is 1470. The van der Waals surface area contributed by atoms with Crippen molar-refractivity contribution in [1.82, 2.24) is 30.2 Å². The zero-order chi connectivity index (χ0) is 28.1. The molecule has 0 unspecified atom stereocenters. The Kier molecular flexibility index (Phi) is 8.60. The number of anilines is 1. The molecule has 5 rings (SSSR count). The Morgan fingerprint density at radius 1 is 1.10 bits per heavy atom. The lowest BCUT2D eigenvalue weighted by molar-refractivity contribution is 0.0960. The third-order valence-corrected chi connectivity index (χ3v) is 7.90. The van der Waals surface area contributed by atoms with Crippen LogP contribution in [0.5, 0.6) is 0 Å². The van der Waals surface area contributed by atoms with Gasteiger partial charge in [-0.3, -0.25) is 14.8 Å². The van der Waals surface area contributed by atoms with Crippen LogP contribution in [0.1, 0.15) is 54.2 Å². The molecule has 0 radical (unpaired) electrons. The SMILES string of the molecule is CCN1CCC(Cc2ccc(-c3cc(NC[C@@H](C)c4cccc5c(C(=O)NC)c(F)cnc45)ncn3)cn2)CC1. The van der Waals surface area contributed by atoms with E-state index in [-0.39, 0.29) is 11.5 Å². The summed E-state index contributed by atoms with van der Waals surface area (Å²) in [5.41, 5.74) is 4.43. The second-order valence-electron chi connectivity index (χ2n) is 10.5. The van der Waals surface area contributed by atoms with Gasteiger partial charge in [0.1, 0.15) is 12.1 Å². The van der Waals surface area contributed by atoms with E-state index < -0.39 is 11.7 Å². The van der Waals surface area contributed by atoms with Crippen LogP contribution in [0.3, 0.4) is 0 Å². The van der Waals surface area contributed by atoms with E-state index >= 15 is 0 Å². The van der Waals surface area contributed by atoms with Gasteiger partial charge in [-0.15, -0.1) is 0 Å². The van der Waals surface area contributed by atoms with Crippen molar-refractivity contribution in [3.8, 4) is 11.3 Å². The Hall–Kier alpha value is -3.98. The van der Waals surface area contributed by atoms with E-state index in [1.807, 2.05) is 24.4 Å². The molecule has 9 heteroatoms. The van der Waals surface area contributed by atoms with Gasteiger partial charge in [-0.05, 0) is 62.5 Å². The van der Waals surface area contributed by atoms with Gasteiger partial charge in [-0.25, -0.2) is 14.4 Å². The van der Waals surface area contributed by atoms with Crippen molar-refractivity contribution < 1.29 is 9.18 Å². The van der Waals surface area contributed by atoms with Crippen molar-refractivity contribution in [2.75, 3.05) is 38.5 Å². The molecule has 4 aromatic rings. The number of nitrogens with zero attached hydrogens (tertiary/aromatic N) is 5. The Morgan fingerprint density at radius 2 is 1.93 bits per heavy atom. The van der Waals surface area contributed by atoms with Crippen LogP contribution in [-0.2, 0) is 6.42 Å². The number of halogens is 1. The fourth-order valence-electron chi connectivity index (χ4n) is 5.45. The molecule has 208 valence electrons. The molecular weight excluding hydrogens is 505 g/mol. The topological polar surface area (TPSA) is 95.9 Å². The predicted octanol–water partition coefficient (Wildman–Crippen LogP) is 5.08. The van der Waals surface area contributed by atoms with E-state index in [0.29, 0.717) is 29.2 Å². The number of benzene rings is 1. The van der Waals surface area contributed by atoms with Gasteiger partial charge in [0.05, 0.1) is 23.0 Å². The summed E-state index contributed by atoms with van der Waals surface area (Å²) in [6.07, 6.45) is 8.05. The van der Waals surface area contributed by atoms with Crippen LogP contribution in [0, 0.1) is 11.7 Å². The average Bonchev–Trinajstić information content (AvgIpc) is 3.00. The first-order chi connectivity index (χ1) is 19.5. The fourth-order valence-corrected chi connectivity index (χ4v) is 5.45. The number of rotatable bonds is 9. The number of carbonyl (C=O) groups is 1. The van der Waals surface area contributed by atoms with Crippen LogP contribution in [0.25, 0.3) is 22.2 Å². The van der Waals surface area contributed by atoms with E-state index in [9.17, 15) is 9.18 Å². The Labute approximate surface area is 234 Å². The zero-order valence-corrected chi connectivity index (χ0v) is 23.3. The van der Waals surface area contributed by atoms with Gasteiger partial charge >= 0.3 is 0 Å². The molecule has 3 aromatic heterocycles. The summed E-state index contributed by atoms with van der Waals surface area (Å²) in [5, 5.41) is 6.40. The van der Waals surface area contributed by atoms with Crippen molar-refractivity contribution in [1.29, 1.82) is 0 Å². The molecule has 0 bridgehead atoms. The quantitative estimate of drug-likeness (QED) is 0.305. The normalized spacial score (nSPS) is 15.2. The second-order valence-corrected chi connectivity index (χ2v) is 10.5. The van der Waals surface area contributed by atoms with Crippen LogP contribution in [0.2, 0.25) is 0 Å². The van der Waals surface area contributed by atoms with Gasteiger partial charge in [0.15, 0.2) is 5.82 Å². The summed E-state index contributed by atoms with van der Waals surface area (Å²) in [5.74, 6) is 0.310. The number of fused-ring (bicyclic) bond motifs is 1. The van der Waals surface area contributed by atoms with Gasteiger partial charge in [-0.1, -0.05) is 32.0 Å². The standard InChI is InChI=1S/C31H36FN7O/c1-4-39-12-10-21(11-13-39)14-23-9-8-22(17-34-23)27-15-28(38-19-37-27)35-16-20(2)24-6-5-7-25-29(31(40)33-3)26(32)18-36-30(24)25/h5-9,15,17-21H,4,10-14,16H2,1-3H3,(H,33,40)(H,35,37,38)/t20-/m1/s1.